The van der Waals surface area contributed by atoms with E-state index in [0.29, 0.717) is 31.8 Å². The average molecular weight is 437 g/mol. The second-order valence-corrected chi connectivity index (χ2v) is 8.56. The SMILES string of the molecule is COc1ccc(Cl)cc1-c1ccc(/C=c2\sc3nc4cc(C)c(C)cc4n3c2=O)o1. The van der Waals surface area contributed by atoms with Gasteiger partial charge in [-0.1, -0.05) is 22.9 Å². The quantitative estimate of drug-likeness (QED) is 0.399. The third-order valence-electron chi connectivity index (χ3n) is 5.18. The lowest BCUT2D eigenvalue weighted by molar-refractivity contribution is 0.414. The van der Waals surface area contributed by atoms with Crippen molar-refractivity contribution >= 4 is 45.0 Å². The monoisotopic (exact) mass is 436 g/mol. The van der Waals surface area contributed by atoms with Crippen LogP contribution in [0.2, 0.25) is 5.02 Å². The minimum Gasteiger partial charge on any atom is -0.496 e. The maximum atomic E-state index is 13.0. The molecule has 5 rings (SSSR count). The highest BCUT2D eigenvalue weighted by Crippen LogP contribution is 2.33. The molecule has 0 aliphatic carbocycles. The fourth-order valence-electron chi connectivity index (χ4n) is 3.50. The first-order valence-electron chi connectivity index (χ1n) is 9.32. The fourth-order valence-corrected chi connectivity index (χ4v) is 4.63. The Kier molecular flexibility index (Phi) is 4.41. The standard InChI is InChI=1S/C23H17ClN2O3S/c1-12-8-17-18(9-13(12)2)26-22(27)21(30-23(26)25-17)11-15-5-7-20(29-15)16-10-14(24)4-6-19(16)28-3/h4-11H,1-3H3/b21-11-. The smallest absolute Gasteiger partial charge is 0.275 e. The molecule has 5 aromatic rings. The summed E-state index contributed by atoms with van der Waals surface area (Å²) < 4.78 is 13.6. The van der Waals surface area contributed by atoms with E-state index in [1.807, 2.05) is 38.1 Å². The van der Waals surface area contributed by atoms with E-state index in [1.54, 1.807) is 35.8 Å². The largest absolute Gasteiger partial charge is 0.496 e. The number of benzene rings is 2. The second-order valence-electron chi connectivity index (χ2n) is 7.12. The Morgan fingerprint density at radius 3 is 2.73 bits per heavy atom. The molecule has 0 saturated heterocycles. The minimum atomic E-state index is -0.0981. The average Bonchev–Trinajstić information content (AvgIpc) is 3.39. The topological polar surface area (TPSA) is 56.7 Å². The summed E-state index contributed by atoms with van der Waals surface area (Å²) in [6.07, 6.45) is 1.75. The number of methoxy groups -OCH3 is 1. The lowest BCUT2D eigenvalue weighted by Gasteiger charge is -2.06. The Balaban J connectivity index is 1.63. The van der Waals surface area contributed by atoms with E-state index in [-0.39, 0.29) is 5.56 Å². The van der Waals surface area contributed by atoms with Gasteiger partial charge in [-0.25, -0.2) is 9.38 Å². The maximum Gasteiger partial charge on any atom is 0.275 e. The van der Waals surface area contributed by atoms with E-state index in [9.17, 15) is 4.79 Å². The highest BCUT2D eigenvalue weighted by molar-refractivity contribution is 7.15. The van der Waals surface area contributed by atoms with Crippen molar-refractivity contribution < 1.29 is 9.15 Å². The van der Waals surface area contributed by atoms with E-state index in [1.165, 1.54) is 11.3 Å². The molecule has 0 saturated carbocycles. The lowest BCUT2D eigenvalue weighted by Crippen LogP contribution is -2.22. The van der Waals surface area contributed by atoms with E-state index in [2.05, 4.69) is 4.98 Å². The van der Waals surface area contributed by atoms with E-state index in [4.69, 9.17) is 20.8 Å². The van der Waals surface area contributed by atoms with Crippen LogP contribution >= 0.6 is 22.9 Å². The molecule has 0 bridgehead atoms. The molecule has 0 aliphatic rings. The molecule has 0 radical (unpaired) electrons. The summed E-state index contributed by atoms with van der Waals surface area (Å²) >= 11 is 7.48. The number of nitrogens with zero attached hydrogens (tertiary/aromatic N) is 2. The summed E-state index contributed by atoms with van der Waals surface area (Å²) in [7, 11) is 1.60. The van der Waals surface area contributed by atoms with Crippen molar-refractivity contribution in [3.63, 3.8) is 0 Å². The molecule has 0 amide bonds. The zero-order chi connectivity index (χ0) is 21.0. The van der Waals surface area contributed by atoms with Crippen LogP contribution in [0, 0.1) is 13.8 Å². The van der Waals surface area contributed by atoms with Crippen molar-refractivity contribution in [2.75, 3.05) is 7.11 Å². The minimum absolute atomic E-state index is 0.0981. The van der Waals surface area contributed by atoms with Gasteiger partial charge in [0.15, 0.2) is 4.96 Å². The molecule has 0 unspecified atom stereocenters. The van der Waals surface area contributed by atoms with Crippen LogP contribution in [-0.4, -0.2) is 16.5 Å². The first-order valence-corrected chi connectivity index (χ1v) is 10.5. The third-order valence-corrected chi connectivity index (χ3v) is 6.39. The van der Waals surface area contributed by atoms with Gasteiger partial charge in [-0.15, -0.1) is 0 Å². The van der Waals surface area contributed by atoms with Gasteiger partial charge >= 0.3 is 0 Å². The summed E-state index contributed by atoms with van der Waals surface area (Å²) in [5.74, 6) is 1.85. The third kappa shape index (κ3) is 3.00. The van der Waals surface area contributed by atoms with E-state index < -0.39 is 0 Å². The summed E-state index contributed by atoms with van der Waals surface area (Å²) in [5, 5.41) is 0.589. The van der Waals surface area contributed by atoms with E-state index in [0.717, 1.165) is 27.7 Å². The molecule has 5 nitrogen and oxygen atoms in total. The Bertz CT molecular complexity index is 1540. The van der Waals surface area contributed by atoms with Gasteiger partial charge in [0.05, 0.1) is 23.7 Å². The van der Waals surface area contributed by atoms with Gasteiger partial charge in [0.1, 0.15) is 21.8 Å². The Morgan fingerprint density at radius 2 is 1.93 bits per heavy atom. The number of aromatic nitrogens is 2. The number of imidazole rings is 1. The van der Waals surface area contributed by atoms with Crippen LogP contribution in [0.4, 0.5) is 0 Å². The van der Waals surface area contributed by atoms with Crippen LogP contribution in [-0.2, 0) is 0 Å². The molecule has 150 valence electrons. The summed E-state index contributed by atoms with van der Waals surface area (Å²) in [6, 6.07) is 13.0. The van der Waals surface area contributed by atoms with Crippen molar-refractivity contribution in [1.82, 2.24) is 9.38 Å². The lowest BCUT2D eigenvalue weighted by atomic mass is 10.1. The number of aryl methyl sites for hydroxylation is 2. The molecule has 3 heterocycles. The fraction of sp³-hybridized carbons (Fsp3) is 0.130. The Morgan fingerprint density at radius 1 is 1.13 bits per heavy atom. The highest BCUT2D eigenvalue weighted by atomic mass is 35.5. The first-order chi connectivity index (χ1) is 14.4. The number of furan rings is 1. The van der Waals surface area contributed by atoms with Gasteiger partial charge in [-0.3, -0.25) is 4.79 Å². The zero-order valence-electron chi connectivity index (χ0n) is 16.5. The van der Waals surface area contributed by atoms with Crippen molar-refractivity contribution in [3.8, 4) is 17.1 Å². The molecule has 0 aliphatic heterocycles. The van der Waals surface area contributed by atoms with Crippen LogP contribution in [0.3, 0.4) is 0 Å². The molecule has 2 aromatic carbocycles. The molecule has 3 aromatic heterocycles. The maximum absolute atomic E-state index is 13.0. The van der Waals surface area contributed by atoms with Crippen LogP contribution < -0.4 is 14.8 Å². The van der Waals surface area contributed by atoms with Gasteiger partial charge in [-0.2, -0.15) is 0 Å². The number of ether oxygens (including phenoxy) is 1. The second kappa shape index (κ2) is 7.00. The number of hydrogen-bond donors (Lipinski definition) is 0. The highest BCUT2D eigenvalue weighted by Gasteiger charge is 2.14. The molecule has 0 N–H and O–H groups in total. The molecular formula is C23H17ClN2O3S. The van der Waals surface area contributed by atoms with Gasteiger partial charge in [-0.05, 0) is 67.4 Å². The van der Waals surface area contributed by atoms with Crippen molar-refractivity contribution in [1.29, 1.82) is 0 Å². The van der Waals surface area contributed by atoms with E-state index >= 15 is 0 Å². The van der Waals surface area contributed by atoms with Crippen LogP contribution in [0.1, 0.15) is 16.9 Å². The Labute approximate surface area is 180 Å². The number of hydrogen-bond acceptors (Lipinski definition) is 5. The zero-order valence-corrected chi connectivity index (χ0v) is 18.1. The number of thiazole rings is 1. The molecule has 7 heteroatoms. The molecule has 0 spiro atoms. The summed E-state index contributed by atoms with van der Waals surface area (Å²) in [4.78, 5) is 18.3. The van der Waals surface area contributed by atoms with Crippen molar-refractivity contribution in [2.24, 2.45) is 0 Å². The normalized spacial score (nSPS) is 12.3. The molecular weight excluding hydrogens is 420 g/mol. The van der Waals surface area contributed by atoms with Crippen molar-refractivity contribution in [3.05, 3.63) is 79.3 Å². The number of fused-ring (bicyclic) bond motifs is 3. The van der Waals surface area contributed by atoms with Gasteiger partial charge < -0.3 is 9.15 Å². The predicted octanol–water partition coefficient (Wildman–Crippen LogP) is 5.00. The van der Waals surface area contributed by atoms with Crippen LogP contribution in [0.15, 0.2) is 51.7 Å². The first kappa shape index (κ1) is 18.9. The predicted molar refractivity (Wildman–Crippen MR) is 121 cm³/mol. The number of halogens is 1. The van der Waals surface area contributed by atoms with Gasteiger partial charge in [0.2, 0.25) is 0 Å². The van der Waals surface area contributed by atoms with Gasteiger partial charge in [0.25, 0.3) is 5.56 Å². The number of rotatable bonds is 3. The van der Waals surface area contributed by atoms with Crippen LogP contribution in [0.25, 0.3) is 33.4 Å². The van der Waals surface area contributed by atoms with Gasteiger partial charge in [0, 0.05) is 11.1 Å². The Hall–Kier alpha value is -3.09. The summed E-state index contributed by atoms with van der Waals surface area (Å²) in [5.41, 5.74) is 4.61. The van der Waals surface area contributed by atoms with Crippen molar-refractivity contribution in [2.45, 2.75) is 13.8 Å². The van der Waals surface area contributed by atoms with Crippen LogP contribution in [0.5, 0.6) is 5.75 Å². The molecule has 0 fully saturated rings. The molecule has 30 heavy (non-hydrogen) atoms. The molecule has 0 atom stereocenters. The summed E-state index contributed by atoms with van der Waals surface area (Å²) in [6.45, 7) is 4.08.